The molecule has 2 rings (SSSR count). The summed E-state index contributed by atoms with van der Waals surface area (Å²) in [5.41, 5.74) is 6.98. The number of aryl methyl sites for hydroxylation is 1. The van der Waals surface area contributed by atoms with Crippen molar-refractivity contribution in [1.82, 2.24) is 9.78 Å². The number of thioether (sulfide) groups is 1. The van der Waals surface area contributed by atoms with Gasteiger partial charge in [-0.05, 0) is 17.7 Å². The molecule has 0 saturated heterocycles. The van der Waals surface area contributed by atoms with E-state index in [-0.39, 0.29) is 11.9 Å². The molecule has 0 aliphatic heterocycles. The van der Waals surface area contributed by atoms with E-state index in [2.05, 4.69) is 5.10 Å². The van der Waals surface area contributed by atoms with Crippen LogP contribution < -0.4 is 5.73 Å². The highest BCUT2D eigenvalue weighted by Crippen LogP contribution is 2.22. The van der Waals surface area contributed by atoms with E-state index in [1.165, 1.54) is 12.1 Å². The van der Waals surface area contributed by atoms with Crippen LogP contribution in [-0.2, 0) is 7.05 Å². The van der Waals surface area contributed by atoms with Crippen LogP contribution in [0.1, 0.15) is 11.6 Å². The summed E-state index contributed by atoms with van der Waals surface area (Å²) >= 11 is 1.65. The fourth-order valence-electron chi connectivity index (χ4n) is 1.47. The van der Waals surface area contributed by atoms with Gasteiger partial charge in [0.25, 0.3) is 0 Å². The third-order valence-electron chi connectivity index (χ3n) is 2.41. The Bertz CT molecular complexity index is 481. The predicted octanol–water partition coefficient (Wildman–Crippen LogP) is 2.35. The first kappa shape index (κ1) is 12.1. The van der Waals surface area contributed by atoms with Crippen LogP contribution in [0.25, 0.3) is 0 Å². The quantitative estimate of drug-likeness (QED) is 0.848. The Labute approximate surface area is 104 Å². The molecule has 0 bridgehead atoms. The SMILES string of the molecule is Cn1cc(SCC(N)c2ccc(F)cc2)cn1. The lowest BCUT2D eigenvalue weighted by atomic mass is 10.1. The minimum Gasteiger partial charge on any atom is -0.323 e. The monoisotopic (exact) mass is 251 g/mol. The number of benzene rings is 1. The van der Waals surface area contributed by atoms with Crippen LogP contribution in [0.2, 0.25) is 0 Å². The van der Waals surface area contributed by atoms with E-state index in [0.717, 1.165) is 16.2 Å². The lowest BCUT2D eigenvalue weighted by molar-refractivity contribution is 0.626. The van der Waals surface area contributed by atoms with Gasteiger partial charge in [-0.1, -0.05) is 12.1 Å². The molecule has 90 valence electrons. The van der Waals surface area contributed by atoms with Crippen LogP contribution in [0.4, 0.5) is 4.39 Å². The zero-order valence-electron chi connectivity index (χ0n) is 9.51. The fourth-order valence-corrected chi connectivity index (χ4v) is 2.38. The third-order valence-corrected chi connectivity index (χ3v) is 3.48. The Hall–Kier alpha value is -1.33. The van der Waals surface area contributed by atoms with Gasteiger partial charge in [0, 0.05) is 29.9 Å². The van der Waals surface area contributed by atoms with Crippen LogP contribution in [0.3, 0.4) is 0 Å². The second-order valence-corrected chi connectivity index (χ2v) is 4.91. The maximum atomic E-state index is 12.7. The first-order valence-corrected chi connectivity index (χ1v) is 6.26. The van der Waals surface area contributed by atoms with Crippen molar-refractivity contribution >= 4 is 11.8 Å². The van der Waals surface area contributed by atoms with E-state index >= 15 is 0 Å². The Balaban J connectivity index is 1.93. The maximum absolute atomic E-state index is 12.7. The molecule has 2 aromatic rings. The van der Waals surface area contributed by atoms with Crippen LogP contribution in [-0.4, -0.2) is 15.5 Å². The van der Waals surface area contributed by atoms with Crippen LogP contribution in [0, 0.1) is 5.82 Å². The largest absolute Gasteiger partial charge is 0.323 e. The molecule has 2 N–H and O–H groups in total. The lowest BCUT2D eigenvalue weighted by Gasteiger charge is -2.10. The number of hydrogen-bond donors (Lipinski definition) is 1. The second-order valence-electron chi connectivity index (χ2n) is 3.82. The van der Waals surface area contributed by atoms with Crippen LogP contribution >= 0.6 is 11.8 Å². The zero-order valence-corrected chi connectivity index (χ0v) is 10.3. The summed E-state index contributed by atoms with van der Waals surface area (Å²) in [5, 5.41) is 4.08. The van der Waals surface area contributed by atoms with Gasteiger partial charge in [0.05, 0.1) is 6.20 Å². The van der Waals surface area contributed by atoms with Crippen molar-refractivity contribution < 1.29 is 4.39 Å². The normalized spacial score (nSPS) is 12.6. The minimum absolute atomic E-state index is 0.0965. The first-order valence-electron chi connectivity index (χ1n) is 5.27. The van der Waals surface area contributed by atoms with Crippen molar-refractivity contribution in [3.8, 4) is 0 Å². The highest BCUT2D eigenvalue weighted by atomic mass is 32.2. The molecule has 1 aromatic heterocycles. The predicted molar refractivity (Wildman–Crippen MR) is 67.3 cm³/mol. The summed E-state index contributed by atoms with van der Waals surface area (Å²) in [6, 6.07) is 6.22. The van der Waals surface area contributed by atoms with Gasteiger partial charge in [-0.2, -0.15) is 5.10 Å². The molecule has 1 atom stereocenters. The number of hydrogen-bond acceptors (Lipinski definition) is 3. The van der Waals surface area contributed by atoms with Gasteiger partial charge in [-0.15, -0.1) is 11.8 Å². The highest BCUT2D eigenvalue weighted by Gasteiger charge is 2.07. The van der Waals surface area contributed by atoms with E-state index in [1.54, 1.807) is 28.6 Å². The fraction of sp³-hybridized carbons (Fsp3) is 0.250. The molecule has 0 aliphatic carbocycles. The summed E-state index contributed by atoms with van der Waals surface area (Å²) in [6.45, 7) is 0. The molecule has 5 heteroatoms. The Morgan fingerprint density at radius 1 is 1.41 bits per heavy atom. The molecule has 0 fully saturated rings. The average molecular weight is 251 g/mol. The van der Waals surface area contributed by atoms with Gasteiger partial charge in [0.2, 0.25) is 0 Å². The number of nitrogens with zero attached hydrogens (tertiary/aromatic N) is 2. The average Bonchev–Trinajstić information content (AvgIpc) is 2.73. The van der Waals surface area contributed by atoms with E-state index in [1.807, 2.05) is 19.4 Å². The van der Waals surface area contributed by atoms with E-state index in [4.69, 9.17) is 5.73 Å². The molecule has 1 unspecified atom stereocenters. The number of aromatic nitrogens is 2. The molecule has 3 nitrogen and oxygen atoms in total. The molecule has 0 amide bonds. The molecular weight excluding hydrogens is 237 g/mol. The van der Waals surface area contributed by atoms with E-state index in [0.29, 0.717) is 0 Å². The Morgan fingerprint density at radius 2 is 2.12 bits per heavy atom. The van der Waals surface area contributed by atoms with Gasteiger partial charge >= 0.3 is 0 Å². The van der Waals surface area contributed by atoms with Gasteiger partial charge in [0.1, 0.15) is 5.82 Å². The number of nitrogens with two attached hydrogens (primary N) is 1. The third kappa shape index (κ3) is 3.31. The number of rotatable bonds is 4. The topological polar surface area (TPSA) is 43.8 Å². The Kier molecular flexibility index (Phi) is 3.81. The van der Waals surface area contributed by atoms with Crippen molar-refractivity contribution in [1.29, 1.82) is 0 Å². The molecule has 0 radical (unpaired) electrons. The van der Waals surface area contributed by atoms with Gasteiger partial charge in [-0.25, -0.2) is 4.39 Å². The molecule has 0 aliphatic rings. The summed E-state index contributed by atoms with van der Waals surface area (Å²) in [5.74, 6) is 0.512. The molecule has 0 saturated carbocycles. The van der Waals surface area contributed by atoms with E-state index < -0.39 is 0 Å². The summed E-state index contributed by atoms with van der Waals surface area (Å²) < 4.78 is 14.5. The molecule has 1 heterocycles. The smallest absolute Gasteiger partial charge is 0.123 e. The molecule has 1 aromatic carbocycles. The Morgan fingerprint density at radius 3 is 2.71 bits per heavy atom. The van der Waals surface area contributed by atoms with Gasteiger partial charge in [-0.3, -0.25) is 4.68 Å². The van der Waals surface area contributed by atoms with Crippen molar-refractivity contribution in [3.05, 3.63) is 48.0 Å². The zero-order chi connectivity index (χ0) is 12.3. The summed E-state index contributed by atoms with van der Waals surface area (Å²) in [6.07, 6.45) is 3.75. The molecule has 0 spiro atoms. The van der Waals surface area contributed by atoms with Crippen molar-refractivity contribution in [2.45, 2.75) is 10.9 Å². The standard InChI is InChI=1S/C12H14FN3S/c1-16-7-11(6-15-16)17-8-12(14)9-2-4-10(13)5-3-9/h2-7,12H,8,14H2,1H3. The maximum Gasteiger partial charge on any atom is 0.123 e. The minimum atomic E-state index is -0.235. The van der Waals surface area contributed by atoms with Crippen molar-refractivity contribution in [3.63, 3.8) is 0 Å². The van der Waals surface area contributed by atoms with Crippen molar-refractivity contribution in [2.24, 2.45) is 12.8 Å². The van der Waals surface area contributed by atoms with Crippen LogP contribution in [0.5, 0.6) is 0 Å². The second kappa shape index (κ2) is 5.33. The first-order chi connectivity index (χ1) is 8.15. The molecule has 17 heavy (non-hydrogen) atoms. The number of halogens is 1. The van der Waals surface area contributed by atoms with Gasteiger partial charge in [0.15, 0.2) is 0 Å². The summed E-state index contributed by atoms with van der Waals surface area (Å²) in [7, 11) is 1.88. The van der Waals surface area contributed by atoms with Gasteiger partial charge < -0.3 is 5.73 Å². The van der Waals surface area contributed by atoms with Crippen molar-refractivity contribution in [2.75, 3.05) is 5.75 Å². The summed E-state index contributed by atoms with van der Waals surface area (Å²) in [4.78, 5) is 1.09. The lowest BCUT2D eigenvalue weighted by Crippen LogP contribution is -2.12. The van der Waals surface area contributed by atoms with E-state index in [9.17, 15) is 4.39 Å². The van der Waals surface area contributed by atoms with Crippen LogP contribution in [0.15, 0.2) is 41.6 Å². The highest BCUT2D eigenvalue weighted by molar-refractivity contribution is 7.99. The molecular formula is C12H14FN3S.